The number of hydrogen-bond donors (Lipinski definition) is 2. The molecule has 0 saturated carbocycles. The number of hydrogen-bond acceptors (Lipinski definition) is 3. The maximum Gasteiger partial charge on any atom is 0.317 e. The maximum absolute atomic E-state index is 12.1. The molecule has 1 aliphatic heterocycles. The molecular weight excluding hydrogens is 294 g/mol. The number of likely N-dealkylation sites (tertiary alicyclic amines) is 1. The monoisotopic (exact) mass is 319 g/mol. The number of carbonyl (C=O) groups is 2. The number of carbonyl (C=O) groups excluding carboxylic acids is 2. The molecule has 0 aromatic heterocycles. The van der Waals surface area contributed by atoms with E-state index < -0.39 is 0 Å². The Balaban J connectivity index is 1.72. The van der Waals surface area contributed by atoms with E-state index in [1.165, 1.54) is 13.3 Å². The summed E-state index contributed by atoms with van der Waals surface area (Å²) in [6.45, 7) is 5.21. The SMILES string of the molecule is CC(=O)Nc1cccc(OCCNC(=O)N2CCCCC2C)c1. The van der Waals surface area contributed by atoms with E-state index in [1.807, 2.05) is 17.0 Å². The van der Waals surface area contributed by atoms with Gasteiger partial charge in [0.2, 0.25) is 5.91 Å². The molecule has 1 saturated heterocycles. The van der Waals surface area contributed by atoms with E-state index in [1.54, 1.807) is 12.1 Å². The zero-order valence-electron chi connectivity index (χ0n) is 13.8. The molecular formula is C17H25N3O3. The smallest absolute Gasteiger partial charge is 0.317 e. The van der Waals surface area contributed by atoms with Crippen LogP contribution in [0, 0.1) is 0 Å². The molecule has 0 aliphatic carbocycles. The van der Waals surface area contributed by atoms with Crippen LogP contribution >= 0.6 is 0 Å². The number of ether oxygens (including phenoxy) is 1. The fourth-order valence-corrected chi connectivity index (χ4v) is 2.70. The van der Waals surface area contributed by atoms with Gasteiger partial charge in [-0.15, -0.1) is 0 Å². The van der Waals surface area contributed by atoms with Crippen molar-refractivity contribution in [3.05, 3.63) is 24.3 Å². The minimum atomic E-state index is -0.120. The third-order valence-corrected chi connectivity index (χ3v) is 3.87. The molecule has 3 amide bonds. The van der Waals surface area contributed by atoms with Crippen LogP contribution in [-0.2, 0) is 4.79 Å². The largest absolute Gasteiger partial charge is 0.492 e. The summed E-state index contributed by atoms with van der Waals surface area (Å²) >= 11 is 0. The molecule has 1 heterocycles. The molecule has 1 fully saturated rings. The minimum Gasteiger partial charge on any atom is -0.492 e. The lowest BCUT2D eigenvalue weighted by Gasteiger charge is -2.33. The van der Waals surface area contributed by atoms with E-state index >= 15 is 0 Å². The topological polar surface area (TPSA) is 70.7 Å². The average Bonchev–Trinajstić information content (AvgIpc) is 2.51. The van der Waals surface area contributed by atoms with E-state index in [9.17, 15) is 9.59 Å². The van der Waals surface area contributed by atoms with Gasteiger partial charge in [0, 0.05) is 31.3 Å². The number of rotatable bonds is 5. The summed E-state index contributed by atoms with van der Waals surface area (Å²) in [5.74, 6) is 0.543. The van der Waals surface area contributed by atoms with Crippen LogP contribution in [0.4, 0.5) is 10.5 Å². The highest BCUT2D eigenvalue weighted by atomic mass is 16.5. The van der Waals surface area contributed by atoms with Gasteiger partial charge in [0.25, 0.3) is 0 Å². The Morgan fingerprint density at radius 1 is 1.35 bits per heavy atom. The highest BCUT2D eigenvalue weighted by Crippen LogP contribution is 2.17. The van der Waals surface area contributed by atoms with E-state index in [2.05, 4.69) is 17.6 Å². The molecule has 126 valence electrons. The number of amides is 3. The minimum absolute atomic E-state index is 0.0206. The number of piperidine rings is 1. The first kappa shape index (κ1) is 17.1. The molecule has 1 atom stereocenters. The number of benzene rings is 1. The summed E-state index contributed by atoms with van der Waals surface area (Å²) in [5.41, 5.74) is 0.696. The number of urea groups is 1. The van der Waals surface area contributed by atoms with Crippen LogP contribution in [0.1, 0.15) is 33.1 Å². The van der Waals surface area contributed by atoms with Gasteiger partial charge < -0.3 is 20.3 Å². The summed E-state index contributed by atoms with van der Waals surface area (Å²) in [6, 6.07) is 7.48. The molecule has 1 aliphatic rings. The number of nitrogens with one attached hydrogen (secondary N) is 2. The Morgan fingerprint density at radius 2 is 2.17 bits per heavy atom. The van der Waals surface area contributed by atoms with Crippen molar-refractivity contribution in [3.8, 4) is 5.75 Å². The highest BCUT2D eigenvalue weighted by Gasteiger charge is 2.22. The van der Waals surface area contributed by atoms with Gasteiger partial charge in [0.05, 0.1) is 6.54 Å². The van der Waals surface area contributed by atoms with E-state index in [0.717, 1.165) is 19.4 Å². The van der Waals surface area contributed by atoms with Gasteiger partial charge in [0.1, 0.15) is 12.4 Å². The van der Waals surface area contributed by atoms with E-state index in [-0.39, 0.29) is 11.9 Å². The van der Waals surface area contributed by atoms with Gasteiger partial charge in [-0.05, 0) is 38.3 Å². The summed E-state index contributed by atoms with van der Waals surface area (Å²) in [6.07, 6.45) is 3.34. The predicted octanol–water partition coefficient (Wildman–Crippen LogP) is 2.61. The Kier molecular flexibility index (Phi) is 6.26. The Hall–Kier alpha value is -2.24. The van der Waals surface area contributed by atoms with Gasteiger partial charge >= 0.3 is 6.03 Å². The number of anilines is 1. The van der Waals surface area contributed by atoms with Gasteiger partial charge in [0.15, 0.2) is 0 Å². The quantitative estimate of drug-likeness (QED) is 0.820. The fraction of sp³-hybridized carbons (Fsp3) is 0.529. The zero-order chi connectivity index (χ0) is 16.7. The molecule has 6 heteroatoms. The molecule has 1 aromatic rings. The van der Waals surface area contributed by atoms with Crippen LogP contribution in [0.5, 0.6) is 5.75 Å². The molecule has 2 rings (SSSR count). The molecule has 23 heavy (non-hydrogen) atoms. The molecule has 6 nitrogen and oxygen atoms in total. The highest BCUT2D eigenvalue weighted by molar-refractivity contribution is 5.88. The second-order valence-corrected chi connectivity index (χ2v) is 5.83. The Morgan fingerprint density at radius 3 is 2.91 bits per heavy atom. The summed E-state index contributed by atoms with van der Waals surface area (Å²) in [4.78, 5) is 25.0. The first-order valence-corrected chi connectivity index (χ1v) is 8.11. The lowest BCUT2D eigenvalue weighted by Crippen LogP contribution is -2.48. The molecule has 2 N–H and O–H groups in total. The van der Waals surface area contributed by atoms with E-state index in [0.29, 0.717) is 30.6 Å². The lowest BCUT2D eigenvalue weighted by molar-refractivity contribution is -0.114. The Bertz CT molecular complexity index is 548. The summed E-state index contributed by atoms with van der Waals surface area (Å²) in [7, 11) is 0. The van der Waals surface area contributed by atoms with Crippen molar-refractivity contribution in [2.75, 3.05) is 25.0 Å². The Labute approximate surface area is 137 Å². The molecule has 0 radical (unpaired) electrons. The van der Waals surface area contributed by atoms with Crippen molar-refractivity contribution in [1.82, 2.24) is 10.2 Å². The summed E-state index contributed by atoms with van der Waals surface area (Å²) in [5, 5.41) is 5.60. The molecule has 1 aromatic carbocycles. The molecule has 1 unspecified atom stereocenters. The predicted molar refractivity (Wildman–Crippen MR) is 89.7 cm³/mol. The summed E-state index contributed by atoms with van der Waals surface area (Å²) < 4.78 is 5.61. The van der Waals surface area contributed by atoms with Crippen molar-refractivity contribution >= 4 is 17.6 Å². The number of nitrogens with zero attached hydrogens (tertiary/aromatic N) is 1. The van der Waals surface area contributed by atoms with Crippen molar-refractivity contribution < 1.29 is 14.3 Å². The third kappa shape index (κ3) is 5.47. The lowest BCUT2D eigenvalue weighted by atomic mass is 10.0. The van der Waals surface area contributed by atoms with E-state index in [4.69, 9.17) is 4.74 Å². The van der Waals surface area contributed by atoms with Crippen molar-refractivity contribution in [2.45, 2.75) is 39.2 Å². The zero-order valence-corrected chi connectivity index (χ0v) is 13.8. The second kappa shape index (κ2) is 8.41. The molecule has 0 spiro atoms. The van der Waals surface area contributed by atoms with Gasteiger partial charge in [-0.1, -0.05) is 6.07 Å². The fourth-order valence-electron chi connectivity index (χ4n) is 2.70. The van der Waals surface area contributed by atoms with Gasteiger partial charge in [-0.3, -0.25) is 4.79 Å². The van der Waals surface area contributed by atoms with Gasteiger partial charge in [-0.2, -0.15) is 0 Å². The van der Waals surface area contributed by atoms with Crippen LogP contribution < -0.4 is 15.4 Å². The third-order valence-electron chi connectivity index (χ3n) is 3.87. The second-order valence-electron chi connectivity index (χ2n) is 5.83. The van der Waals surface area contributed by atoms with Crippen molar-refractivity contribution in [2.24, 2.45) is 0 Å². The standard InChI is InChI=1S/C17H25N3O3/c1-13-6-3-4-10-20(13)17(22)18-9-11-23-16-8-5-7-15(12-16)19-14(2)21/h5,7-8,12-13H,3-4,6,9-11H2,1-2H3,(H,18,22)(H,19,21). The van der Waals surface area contributed by atoms with Crippen LogP contribution in [-0.4, -0.2) is 42.6 Å². The van der Waals surface area contributed by atoms with Crippen molar-refractivity contribution in [1.29, 1.82) is 0 Å². The maximum atomic E-state index is 12.1. The first-order chi connectivity index (χ1) is 11.1. The molecule has 0 bridgehead atoms. The van der Waals surface area contributed by atoms with Crippen LogP contribution in [0.25, 0.3) is 0 Å². The first-order valence-electron chi connectivity index (χ1n) is 8.11. The van der Waals surface area contributed by atoms with Gasteiger partial charge in [-0.25, -0.2) is 4.79 Å². The van der Waals surface area contributed by atoms with Crippen LogP contribution in [0.15, 0.2) is 24.3 Å². The van der Waals surface area contributed by atoms with Crippen LogP contribution in [0.3, 0.4) is 0 Å². The normalized spacial score (nSPS) is 17.5. The van der Waals surface area contributed by atoms with Crippen LogP contribution in [0.2, 0.25) is 0 Å². The van der Waals surface area contributed by atoms with Crippen molar-refractivity contribution in [3.63, 3.8) is 0 Å². The average molecular weight is 319 g/mol.